The van der Waals surface area contributed by atoms with Crippen molar-refractivity contribution in [1.29, 1.82) is 0 Å². The van der Waals surface area contributed by atoms with E-state index in [9.17, 15) is 18.5 Å². The normalized spacial score (nSPS) is 13.4. The molecule has 8 nitrogen and oxygen atoms in total. The second-order valence-electron chi connectivity index (χ2n) is 4.44. The van der Waals surface area contributed by atoms with Crippen molar-refractivity contribution >= 4 is 21.4 Å². The van der Waals surface area contributed by atoms with Gasteiger partial charge in [0.15, 0.2) is 0 Å². The van der Waals surface area contributed by atoms with E-state index in [-0.39, 0.29) is 29.2 Å². The Morgan fingerprint density at radius 3 is 2.55 bits per heavy atom. The van der Waals surface area contributed by atoms with Crippen molar-refractivity contribution in [3.63, 3.8) is 0 Å². The summed E-state index contributed by atoms with van der Waals surface area (Å²) in [6.45, 7) is 1.68. The van der Waals surface area contributed by atoms with Gasteiger partial charge in [-0.25, -0.2) is 12.7 Å². The monoisotopic (exact) mass is 303 g/mol. The molecule has 112 valence electrons. The second-order valence-corrected chi connectivity index (χ2v) is 6.46. The lowest BCUT2D eigenvalue weighted by Crippen LogP contribution is -2.30. The van der Waals surface area contributed by atoms with Crippen molar-refractivity contribution < 1.29 is 18.4 Å². The molecule has 0 radical (unpaired) electrons. The summed E-state index contributed by atoms with van der Waals surface area (Å²) in [6, 6.07) is 3.21. The fourth-order valence-electron chi connectivity index (χ4n) is 1.54. The first kappa shape index (κ1) is 16.3. The summed E-state index contributed by atoms with van der Waals surface area (Å²) in [5.41, 5.74) is 5.13. The fraction of sp³-hybridized carbons (Fsp3) is 0.455. The first-order chi connectivity index (χ1) is 9.16. The molecule has 1 rings (SSSR count). The van der Waals surface area contributed by atoms with E-state index in [1.54, 1.807) is 6.92 Å². The summed E-state index contributed by atoms with van der Waals surface area (Å²) in [5.74, 6) is 0. The standard InChI is InChI=1S/C11H17N3O5S/c1-8(15)5-6-13(2)20(18,19)11-4-3-9(14(16)17)7-10(11)12/h3-4,7-8,15H,5-6,12H2,1-2H3. The van der Waals surface area contributed by atoms with Gasteiger partial charge in [-0.3, -0.25) is 10.1 Å². The third kappa shape index (κ3) is 3.65. The number of aliphatic hydroxyl groups is 1. The largest absolute Gasteiger partial charge is 0.397 e. The number of non-ortho nitro benzene ring substituents is 1. The molecule has 1 atom stereocenters. The molecule has 0 amide bonds. The molecule has 0 aliphatic rings. The number of nitrogens with zero attached hydrogens (tertiary/aromatic N) is 2. The Kier molecular flexibility index (Phi) is 5.03. The van der Waals surface area contributed by atoms with Crippen LogP contribution in [0.15, 0.2) is 23.1 Å². The highest BCUT2D eigenvalue weighted by Gasteiger charge is 2.24. The number of nitro groups is 1. The Hall–Kier alpha value is -1.71. The van der Waals surface area contributed by atoms with Crippen molar-refractivity contribution in [3.05, 3.63) is 28.3 Å². The Bertz CT molecular complexity index is 600. The quantitative estimate of drug-likeness (QED) is 0.449. The van der Waals surface area contributed by atoms with E-state index < -0.39 is 21.1 Å². The molecular formula is C11H17N3O5S. The molecule has 0 spiro atoms. The first-order valence-corrected chi connectivity index (χ1v) is 7.28. The molecule has 3 N–H and O–H groups in total. The molecule has 0 aliphatic heterocycles. The molecule has 9 heteroatoms. The maximum Gasteiger partial charge on any atom is 0.271 e. The molecular weight excluding hydrogens is 286 g/mol. The summed E-state index contributed by atoms with van der Waals surface area (Å²) in [7, 11) is -2.47. The van der Waals surface area contributed by atoms with E-state index in [0.29, 0.717) is 0 Å². The summed E-state index contributed by atoms with van der Waals surface area (Å²) < 4.78 is 25.5. The van der Waals surface area contributed by atoms with Gasteiger partial charge in [0.2, 0.25) is 10.0 Å². The van der Waals surface area contributed by atoms with E-state index in [4.69, 9.17) is 10.8 Å². The minimum Gasteiger partial charge on any atom is -0.397 e. The van der Waals surface area contributed by atoms with Crippen LogP contribution in [0.2, 0.25) is 0 Å². The number of nitrogens with two attached hydrogens (primary N) is 1. The van der Waals surface area contributed by atoms with Crippen molar-refractivity contribution in [2.24, 2.45) is 0 Å². The average molecular weight is 303 g/mol. The van der Waals surface area contributed by atoms with Crippen LogP contribution in [0.1, 0.15) is 13.3 Å². The minimum absolute atomic E-state index is 0.121. The maximum absolute atomic E-state index is 12.2. The van der Waals surface area contributed by atoms with Crippen LogP contribution in [-0.2, 0) is 10.0 Å². The number of sulfonamides is 1. The molecule has 0 saturated carbocycles. The van der Waals surface area contributed by atoms with Crippen LogP contribution in [0, 0.1) is 10.1 Å². The number of anilines is 1. The lowest BCUT2D eigenvalue weighted by Gasteiger charge is -2.18. The van der Waals surface area contributed by atoms with Gasteiger partial charge in [-0.05, 0) is 19.4 Å². The summed E-state index contributed by atoms with van der Waals surface area (Å²) in [4.78, 5) is 9.75. The van der Waals surface area contributed by atoms with Crippen LogP contribution in [0.25, 0.3) is 0 Å². The number of aliphatic hydroxyl groups excluding tert-OH is 1. The second kappa shape index (κ2) is 6.16. The van der Waals surface area contributed by atoms with E-state index in [2.05, 4.69) is 0 Å². The van der Waals surface area contributed by atoms with E-state index in [1.165, 1.54) is 7.05 Å². The van der Waals surface area contributed by atoms with Crippen LogP contribution in [-0.4, -0.2) is 42.4 Å². The molecule has 0 heterocycles. The number of hydrogen-bond donors (Lipinski definition) is 2. The molecule has 0 fully saturated rings. The average Bonchev–Trinajstić information content (AvgIpc) is 2.35. The number of nitrogen functional groups attached to an aromatic ring is 1. The number of hydrogen-bond acceptors (Lipinski definition) is 6. The Balaban J connectivity index is 3.06. The number of benzene rings is 1. The SMILES string of the molecule is CC(O)CCN(C)S(=O)(=O)c1ccc([N+](=O)[O-])cc1N. The Labute approximate surface area is 117 Å². The lowest BCUT2D eigenvalue weighted by molar-refractivity contribution is -0.384. The molecule has 20 heavy (non-hydrogen) atoms. The molecule has 1 aromatic rings. The molecule has 1 unspecified atom stereocenters. The third-order valence-corrected chi connectivity index (χ3v) is 4.68. The highest BCUT2D eigenvalue weighted by atomic mass is 32.2. The molecule has 0 aromatic heterocycles. The zero-order chi connectivity index (χ0) is 15.5. The maximum atomic E-state index is 12.2. The fourth-order valence-corrected chi connectivity index (χ4v) is 2.82. The zero-order valence-electron chi connectivity index (χ0n) is 11.2. The van der Waals surface area contributed by atoms with Crippen LogP contribution >= 0.6 is 0 Å². The zero-order valence-corrected chi connectivity index (χ0v) is 12.0. The van der Waals surface area contributed by atoms with Crippen LogP contribution in [0.3, 0.4) is 0 Å². The van der Waals surface area contributed by atoms with Gasteiger partial charge in [0.05, 0.1) is 16.7 Å². The van der Waals surface area contributed by atoms with Crippen molar-refractivity contribution in [2.75, 3.05) is 19.3 Å². The molecule has 1 aromatic carbocycles. The minimum atomic E-state index is -3.83. The van der Waals surface area contributed by atoms with Gasteiger partial charge in [0.25, 0.3) is 5.69 Å². The van der Waals surface area contributed by atoms with E-state index in [0.717, 1.165) is 22.5 Å². The predicted molar refractivity (Wildman–Crippen MR) is 73.6 cm³/mol. The topological polar surface area (TPSA) is 127 Å². The number of nitro benzene ring substituents is 1. The molecule has 0 bridgehead atoms. The smallest absolute Gasteiger partial charge is 0.271 e. The lowest BCUT2D eigenvalue weighted by atomic mass is 10.3. The van der Waals surface area contributed by atoms with Gasteiger partial charge in [0, 0.05) is 25.7 Å². The van der Waals surface area contributed by atoms with E-state index in [1.807, 2.05) is 0 Å². The first-order valence-electron chi connectivity index (χ1n) is 5.84. The van der Waals surface area contributed by atoms with Crippen LogP contribution < -0.4 is 5.73 Å². The van der Waals surface area contributed by atoms with Gasteiger partial charge in [-0.1, -0.05) is 0 Å². The van der Waals surface area contributed by atoms with Gasteiger partial charge >= 0.3 is 0 Å². The van der Waals surface area contributed by atoms with Crippen molar-refractivity contribution in [3.8, 4) is 0 Å². The van der Waals surface area contributed by atoms with Gasteiger partial charge in [-0.2, -0.15) is 0 Å². The van der Waals surface area contributed by atoms with Crippen LogP contribution in [0.5, 0.6) is 0 Å². The Morgan fingerprint density at radius 2 is 2.10 bits per heavy atom. The van der Waals surface area contributed by atoms with Gasteiger partial charge < -0.3 is 10.8 Å². The van der Waals surface area contributed by atoms with E-state index >= 15 is 0 Å². The van der Waals surface area contributed by atoms with Crippen molar-refractivity contribution in [1.82, 2.24) is 4.31 Å². The van der Waals surface area contributed by atoms with Gasteiger partial charge in [-0.15, -0.1) is 0 Å². The number of rotatable bonds is 6. The highest BCUT2D eigenvalue weighted by Crippen LogP contribution is 2.26. The highest BCUT2D eigenvalue weighted by molar-refractivity contribution is 7.89. The summed E-state index contributed by atoms with van der Waals surface area (Å²) in [6.07, 6.45) is -0.343. The predicted octanol–water partition coefficient (Wildman–Crippen LogP) is 0.568. The third-order valence-electron chi connectivity index (χ3n) is 2.75. The Morgan fingerprint density at radius 1 is 1.50 bits per heavy atom. The van der Waals surface area contributed by atoms with Crippen LogP contribution in [0.4, 0.5) is 11.4 Å². The summed E-state index contributed by atoms with van der Waals surface area (Å²) >= 11 is 0. The molecule has 0 aliphatic carbocycles. The van der Waals surface area contributed by atoms with Crippen molar-refractivity contribution in [2.45, 2.75) is 24.3 Å². The van der Waals surface area contributed by atoms with Gasteiger partial charge in [0.1, 0.15) is 4.90 Å². The molecule has 0 saturated heterocycles. The summed E-state index contributed by atoms with van der Waals surface area (Å²) in [5, 5.41) is 19.8.